The highest BCUT2D eigenvalue weighted by atomic mass is 16.5. The quantitative estimate of drug-likeness (QED) is 0.626. The topological polar surface area (TPSA) is 69.9 Å². The van der Waals surface area contributed by atoms with Crippen LogP contribution in [0.3, 0.4) is 0 Å². The molecule has 2 saturated carbocycles. The van der Waals surface area contributed by atoms with Crippen molar-refractivity contribution in [2.45, 2.75) is 77.1 Å². The zero-order valence-electron chi connectivity index (χ0n) is 17.6. The number of aliphatic hydroxyl groups is 3. The second-order valence-corrected chi connectivity index (χ2v) is 9.66. The SMILES string of the molecule is C=C1/C(=C\C=C2/CCC[C@]3(C)C(COCC(C)(C)O)=CC[C@@H]23)C[C@@H](O)C[C@@H]1O. The van der Waals surface area contributed by atoms with Crippen LogP contribution in [-0.2, 0) is 4.74 Å². The van der Waals surface area contributed by atoms with Crippen molar-refractivity contribution in [1.82, 2.24) is 0 Å². The Balaban J connectivity index is 1.71. The Morgan fingerprint density at radius 3 is 2.79 bits per heavy atom. The second kappa shape index (κ2) is 8.27. The largest absolute Gasteiger partial charge is 0.393 e. The van der Waals surface area contributed by atoms with Crippen molar-refractivity contribution < 1.29 is 20.1 Å². The van der Waals surface area contributed by atoms with Crippen molar-refractivity contribution in [2.75, 3.05) is 13.2 Å². The van der Waals surface area contributed by atoms with Crippen LogP contribution in [0.5, 0.6) is 0 Å². The normalized spacial score (nSPS) is 36.7. The highest BCUT2D eigenvalue weighted by Crippen LogP contribution is 2.54. The molecule has 0 aromatic rings. The fourth-order valence-corrected chi connectivity index (χ4v) is 5.01. The molecule has 0 aromatic heterocycles. The van der Waals surface area contributed by atoms with Crippen molar-refractivity contribution in [3.8, 4) is 0 Å². The molecule has 156 valence electrons. The van der Waals surface area contributed by atoms with E-state index in [2.05, 4.69) is 31.7 Å². The summed E-state index contributed by atoms with van der Waals surface area (Å²) in [6.45, 7) is 10.8. The van der Waals surface area contributed by atoms with Gasteiger partial charge in [0.1, 0.15) is 0 Å². The van der Waals surface area contributed by atoms with Crippen LogP contribution in [0.15, 0.2) is 47.1 Å². The summed E-state index contributed by atoms with van der Waals surface area (Å²) in [6.07, 6.45) is 10.8. The fourth-order valence-electron chi connectivity index (χ4n) is 5.01. The van der Waals surface area contributed by atoms with E-state index in [1.807, 2.05) is 0 Å². The Bertz CT molecular complexity index is 694. The molecule has 4 nitrogen and oxygen atoms in total. The average molecular weight is 389 g/mol. The van der Waals surface area contributed by atoms with E-state index in [0.29, 0.717) is 32.0 Å². The summed E-state index contributed by atoms with van der Waals surface area (Å²) in [5.41, 5.74) is 3.81. The van der Waals surface area contributed by atoms with Crippen LogP contribution in [-0.4, -0.2) is 46.3 Å². The molecule has 0 heterocycles. The molecule has 0 unspecified atom stereocenters. The first-order valence-corrected chi connectivity index (χ1v) is 10.5. The van der Waals surface area contributed by atoms with Crippen LogP contribution in [0.25, 0.3) is 0 Å². The molecule has 3 rings (SSSR count). The summed E-state index contributed by atoms with van der Waals surface area (Å²) in [5, 5.41) is 29.9. The summed E-state index contributed by atoms with van der Waals surface area (Å²) in [4.78, 5) is 0. The summed E-state index contributed by atoms with van der Waals surface area (Å²) >= 11 is 0. The second-order valence-electron chi connectivity index (χ2n) is 9.66. The average Bonchev–Trinajstić information content (AvgIpc) is 2.93. The minimum absolute atomic E-state index is 0.116. The Hall–Kier alpha value is -1.20. The monoisotopic (exact) mass is 388 g/mol. The van der Waals surface area contributed by atoms with Gasteiger partial charge in [-0.25, -0.2) is 0 Å². The molecule has 3 aliphatic carbocycles. The van der Waals surface area contributed by atoms with Crippen LogP contribution in [0.1, 0.15) is 59.3 Å². The van der Waals surface area contributed by atoms with Crippen molar-refractivity contribution in [3.63, 3.8) is 0 Å². The molecule has 0 aromatic carbocycles. The molecule has 0 amide bonds. The lowest BCUT2D eigenvalue weighted by Crippen LogP contribution is -2.33. The van der Waals surface area contributed by atoms with Crippen molar-refractivity contribution in [3.05, 3.63) is 47.1 Å². The van der Waals surface area contributed by atoms with Crippen LogP contribution < -0.4 is 0 Å². The number of ether oxygens (including phenoxy) is 1. The summed E-state index contributed by atoms with van der Waals surface area (Å²) < 4.78 is 5.81. The van der Waals surface area contributed by atoms with Gasteiger partial charge in [0.2, 0.25) is 0 Å². The standard InChI is InChI=1S/C24H36O4/c1-16-18(12-20(25)13-22(16)26)8-7-17-6-5-11-24(4)19(9-10-21(17)24)14-28-15-23(2,3)27/h7-9,20-22,25-27H,1,5-6,10-15H2,2-4H3/b17-7+,18-8-/t20-,21+,22+,24-/m1/s1. The third-order valence-electron chi connectivity index (χ3n) is 6.69. The predicted octanol–water partition coefficient (Wildman–Crippen LogP) is 3.84. The number of aliphatic hydroxyl groups excluding tert-OH is 2. The number of hydrogen-bond acceptors (Lipinski definition) is 4. The van der Waals surface area contributed by atoms with E-state index in [1.165, 1.54) is 11.1 Å². The molecule has 0 bridgehead atoms. The fraction of sp³-hybridized carbons (Fsp3) is 0.667. The maximum Gasteiger partial charge on any atom is 0.0824 e. The Labute approximate surface area is 169 Å². The lowest BCUT2D eigenvalue weighted by Gasteiger charge is -2.41. The van der Waals surface area contributed by atoms with Gasteiger partial charge in [-0.2, -0.15) is 0 Å². The van der Waals surface area contributed by atoms with Crippen LogP contribution >= 0.6 is 0 Å². The molecule has 2 fully saturated rings. The van der Waals surface area contributed by atoms with Gasteiger partial charge in [-0.1, -0.05) is 37.3 Å². The first kappa shape index (κ1) is 21.5. The maximum absolute atomic E-state index is 10.1. The summed E-state index contributed by atoms with van der Waals surface area (Å²) in [6, 6.07) is 0. The van der Waals surface area contributed by atoms with Gasteiger partial charge in [-0.3, -0.25) is 0 Å². The van der Waals surface area contributed by atoms with Gasteiger partial charge in [0.05, 0.1) is 31.0 Å². The zero-order chi connectivity index (χ0) is 20.5. The Kier molecular flexibility index (Phi) is 6.35. The van der Waals surface area contributed by atoms with Gasteiger partial charge < -0.3 is 20.1 Å². The van der Waals surface area contributed by atoms with E-state index in [-0.39, 0.29) is 5.41 Å². The van der Waals surface area contributed by atoms with Crippen LogP contribution in [0.2, 0.25) is 0 Å². The lowest BCUT2D eigenvalue weighted by molar-refractivity contribution is -0.0178. The van der Waals surface area contributed by atoms with E-state index in [1.54, 1.807) is 13.8 Å². The van der Waals surface area contributed by atoms with Gasteiger partial charge in [0.25, 0.3) is 0 Å². The van der Waals surface area contributed by atoms with Crippen LogP contribution in [0.4, 0.5) is 0 Å². The van der Waals surface area contributed by atoms with E-state index in [4.69, 9.17) is 4.74 Å². The number of allylic oxidation sites excluding steroid dienone is 4. The van der Waals surface area contributed by atoms with Gasteiger partial charge >= 0.3 is 0 Å². The van der Waals surface area contributed by atoms with E-state index in [0.717, 1.165) is 36.8 Å². The smallest absolute Gasteiger partial charge is 0.0824 e. The van der Waals surface area contributed by atoms with Gasteiger partial charge in [0.15, 0.2) is 0 Å². The molecule has 4 heteroatoms. The molecular formula is C24H36O4. The minimum atomic E-state index is -0.805. The van der Waals surface area contributed by atoms with Crippen LogP contribution in [0, 0.1) is 11.3 Å². The Morgan fingerprint density at radius 1 is 1.32 bits per heavy atom. The van der Waals surface area contributed by atoms with Gasteiger partial charge in [0, 0.05) is 6.42 Å². The summed E-state index contributed by atoms with van der Waals surface area (Å²) in [5.74, 6) is 0.477. The number of hydrogen-bond donors (Lipinski definition) is 3. The number of rotatable bonds is 5. The molecule has 3 N–H and O–H groups in total. The molecular weight excluding hydrogens is 352 g/mol. The Morgan fingerprint density at radius 2 is 2.07 bits per heavy atom. The van der Waals surface area contributed by atoms with Crippen molar-refractivity contribution in [1.29, 1.82) is 0 Å². The van der Waals surface area contributed by atoms with Gasteiger partial charge in [-0.05, 0) is 74.0 Å². The third kappa shape index (κ3) is 4.68. The molecule has 0 spiro atoms. The lowest BCUT2D eigenvalue weighted by atomic mass is 9.64. The highest BCUT2D eigenvalue weighted by molar-refractivity contribution is 5.40. The maximum atomic E-state index is 10.1. The van der Waals surface area contributed by atoms with Crippen molar-refractivity contribution >= 4 is 0 Å². The predicted molar refractivity (Wildman–Crippen MR) is 112 cm³/mol. The van der Waals surface area contributed by atoms with Gasteiger partial charge in [-0.15, -0.1) is 0 Å². The molecule has 4 atom stereocenters. The number of fused-ring (bicyclic) bond motifs is 1. The molecule has 0 saturated heterocycles. The summed E-state index contributed by atoms with van der Waals surface area (Å²) in [7, 11) is 0. The first-order chi connectivity index (χ1) is 13.1. The molecule has 0 aliphatic heterocycles. The minimum Gasteiger partial charge on any atom is -0.393 e. The van der Waals surface area contributed by atoms with Crippen molar-refractivity contribution in [2.24, 2.45) is 11.3 Å². The van der Waals surface area contributed by atoms with E-state index >= 15 is 0 Å². The molecule has 0 radical (unpaired) electrons. The highest BCUT2D eigenvalue weighted by Gasteiger charge is 2.44. The third-order valence-corrected chi connectivity index (χ3v) is 6.69. The van der Waals surface area contributed by atoms with E-state index < -0.39 is 17.8 Å². The first-order valence-electron chi connectivity index (χ1n) is 10.5. The molecule has 28 heavy (non-hydrogen) atoms. The molecule has 3 aliphatic rings. The zero-order valence-corrected chi connectivity index (χ0v) is 17.6. The van der Waals surface area contributed by atoms with E-state index in [9.17, 15) is 15.3 Å².